The normalized spacial score (nSPS) is 15.8. The summed E-state index contributed by atoms with van der Waals surface area (Å²) >= 11 is 0. The molecule has 6 nitrogen and oxygen atoms in total. The first-order chi connectivity index (χ1) is 19.3. The lowest BCUT2D eigenvalue weighted by Gasteiger charge is -2.43. The van der Waals surface area contributed by atoms with Crippen LogP contribution in [-0.2, 0) is 23.6 Å². The van der Waals surface area contributed by atoms with Crippen LogP contribution in [0.3, 0.4) is 0 Å². The second-order valence-corrected chi connectivity index (χ2v) is 12.9. The number of rotatable bonds is 19. The summed E-state index contributed by atoms with van der Waals surface area (Å²) in [5, 5.41) is -7.65. The van der Waals surface area contributed by atoms with Crippen LogP contribution in [0.2, 0.25) is 0 Å². The molecule has 266 valence electrons. The van der Waals surface area contributed by atoms with E-state index in [-0.39, 0.29) is 19.6 Å². The number of nitrogens with zero attached hydrogens (tertiary/aromatic N) is 1. The van der Waals surface area contributed by atoms with Gasteiger partial charge >= 0.3 is 54.6 Å². The quantitative estimate of drug-likeness (QED) is 0.0994. The smallest absolute Gasteiger partial charge is 0.309 e. The van der Waals surface area contributed by atoms with Gasteiger partial charge < -0.3 is 9.05 Å². The maximum atomic E-state index is 14.6. The molecule has 0 saturated heterocycles. The predicted molar refractivity (Wildman–Crippen MR) is 116 cm³/mol. The summed E-state index contributed by atoms with van der Waals surface area (Å²) in [7, 11) is -11.6. The van der Waals surface area contributed by atoms with Gasteiger partial charge in [-0.3, -0.25) is 4.57 Å². The van der Waals surface area contributed by atoms with Crippen LogP contribution in [-0.4, -0.2) is 92.2 Å². The van der Waals surface area contributed by atoms with E-state index >= 15 is 0 Å². The molecule has 0 N–H and O–H groups in total. The van der Waals surface area contributed by atoms with Crippen molar-refractivity contribution in [3.63, 3.8) is 0 Å². The summed E-state index contributed by atoms with van der Waals surface area (Å²) in [6, 6.07) is 0. The van der Waals surface area contributed by atoms with E-state index in [1.54, 1.807) is 0 Å². The Bertz CT molecular complexity index is 1100. The Hall–Kier alpha value is -1.13. The fourth-order valence-electron chi connectivity index (χ4n) is 3.16. The van der Waals surface area contributed by atoms with Gasteiger partial charge in [-0.25, -0.2) is 8.42 Å². The molecule has 0 aromatic rings. The number of unbranched alkanes of at least 4 members (excludes halogenated alkanes) is 1. The van der Waals surface area contributed by atoms with Gasteiger partial charge in [0.2, 0.25) is 0 Å². The first kappa shape index (κ1) is 42.9. The van der Waals surface area contributed by atoms with E-state index in [1.165, 1.54) is 20.8 Å². The van der Waals surface area contributed by atoms with Crippen LogP contribution in [0, 0.1) is 0 Å². The Morgan fingerprint density at radius 1 is 0.568 bits per heavy atom. The van der Waals surface area contributed by atoms with E-state index in [0.717, 1.165) is 0 Å². The van der Waals surface area contributed by atoms with Crippen molar-refractivity contribution in [2.45, 2.75) is 87.0 Å². The SMILES string of the molecule is CCCCN(CCCP(=O)(OCC)OCC)S(=O)(=O)C(F)(F)C(F)(F)C(F)(F)C(F)(F)C(F)(F)C(F)(F)C(F)(F)C(F)(F)F. The van der Waals surface area contributed by atoms with Crippen molar-refractivity contribution in [2.75, 3.05) is 32.5 Å². The van der Waals surface area contributed by atoms with Crippen molar-refractivity contribution >= 4 is 17.6 Å². The number of hydrogen-bond donors (Lipinski definition) is 0. The Balaban J connectivity index is 6.87. The van der Waals surface area contributed by atoms with Gasteiger partial charge in [0.25, 0.3) is 10.0 Å². The molecule has 0 aromatic carbocycles. The minimum atomic E-state index is -8.91. The van der Waals surface area contributed by atoms with Crippen molar-refractivity contribution < 1.29 is 96.7 Å². The minimum Gasteiger partial charge on any atom is -0.309 e. The molecule has 0 unspecified atom stereocenters. The fourth-order valence-corrected chi connectivity index (χ4v) is 6.32. The van der Waals surface area contributed by atoms with Gasteiger partial charge in [0.15, 0.2) is 0 Å². The van der Waals surface area contributed by atoms with E-state index in [4.69, 9.17) is 9.05 Å². The Kier molecular flexibility index (Phi) is 13.2. The molecule has 0 fully saturated rings. The molecular weight excluding hydrogens is 708 g/mol. The maximum Gasteiger partial charge on any atom is 0.460 e. The molecule has 0 heterocycles. The Morgan fingerprint density at radius 2 is 0.909 bits per heavy atom. The summed E-state index contributed by atoms with van der Waals surface area (Å²) in [6.45, 7) is 0.433. The third-order valence-electron chi connectivity index (χ3n) is 5.61. The van der Waals surface area contributed by atoms with E-state index in [2.05, 4.69) is 0 Å². The van der Waals surface area contributed by atoms with Gasteiger partial charge in [-0.05, 0) is 26.7 Å². The number of hydrogen-bond acceptors (Lipinski definition) is 5. The first-order valence-electron chi connectivity index (χ1n) is 11.9. The maximum absolute atomic E-state index is 14.6. The summed E-state index contributed by atoms with van der Waals surface area (Å²) in [5.41, 5.74) is 0. The lowest BCUT2D eigenvalue weighted by Crippen LogP contribution is -2.75. The molecule has 0 aliphatic heterocycles. The molecule has 0 amide bonds. The van der Waals surface area contributed by atoms with Gasteiger partial charge in [0, 0.05) is 13.1 Å². The van der Waals surface area contributed by atoms with E-state index in [1.807, 2.05) is 0 Å². The molecule has 44 heavy (non-hydrogen) atoms. The molecule has 0 aliphatic rings. The van der Waals surface area contributed by atoms with Crippen LogP contribution in [0.15, 0.2) is 0 Å². The highest BCUT2D eigenvalue weighted by Gasteiger charge is 2.96. The van der Waals surface area contributed by atoms with Crippen molar-refractivity contribution in [1.29, 1.82) is 0 Å². The molecule has 0 bridgehead atoms. The molecule has 25 heteroatoms. The van der Waals surface area contributed by atoms with Gasteiger partial charge in [0.05, 0.1) is 19.4 Å². The minimum absolute atomic E-state index is 0.159. The zero-order chi connectivity index (χ0) is 35.6. The Labute approximate surface area is 238 Å². The van der Waals surface area contributed by atoms with Crippen LogP contribution in [0.4, 0.5) is 74.6 Å². The van der Waals surface area contributed by atoms with Crippen LogP contribution in [0.25, 0.3) is 0 Å². The highest BCUT2D eigenvalue weighted by atomic mass is 32.2. The second kappa shape index (κ2) is 13.5. The summed E-state index contributed by atoms with van der Waals surface area (Å²) in [5.74, 6) is -52.0. The van der Waals surface area contributed by atoms with E-state index in [9.17, 15) is 87.6 Å². The molecule has 0 saturated carbocycles. The van der Waals surface area contributed by atoms with E-state index < -0.39 is 101 Å². The molecule has 0 radical (unpaired) electrons. The van der Waals surface area contributed by atoms with Crippen LogP contribution >= 0.6 is 7.60 Å². The summed E-state index contributed by atoms with van der Waals surface area (Å²) < 4.78 is 277. The largest absolute Gasteiger partial charge is 0.460 e. The van der Waals surface area contributed by atoms with Crippen LogP contribution in [0.5, 0.6) is 0 Å². The van der Waals surface area contributed by atoms with Crippen molar-refractivity contribution in [2.24, 2.45) is 0 Å². The number of alkyl halides is 17. The number of halogens is 17. The average Bonchev–Trinajstić information content (AvgIpc) is 2.84. The second-order valence-electron chi connectivity index (χ2n) is 8.74. The topological polar surface area (TPSA) is 72.9 Å². The van der Waals surface area contributed by atoms with Gasteiger partial charge in [0.1, 0.15) is 0 Å². The molecular formula is C19H25F17NO5PS. The molecule has 0 atom stereocenters. The third-order valence-corrected chi connectivity index (χ3v) is 9.73. The lowest BCUT2D eigenvalue weighted by molar-refractivity contribution is -0.458. The van der Waals surface area contributed by atoms with Crippen molar-refractivity contribution in [3.8, 4) is 0 Å². The number of sulfonamides is 1. The van der Waals surface area contributed by atoms with Crippen molar-refractivity contribution in [3.05, 3.63) is 0 Å². The lowest BCUT2D eigenvalue weighted by atomic mass is 9.91. The molecule has 0 aromatic heterocycles. The molecule has 0 rings (SSSR count). The van der Waals surface area contributed by atoms with Gasteiger partial charge in [-0.2, -0.15) is 78.9 Å². The van der Waals surface area contributed by atoms with Crippen molar-refractivity contribution in [1.82, 2.24) is 4.31 Å². The molecule has 0 aliphatic carbocycles. The highest BCUT2D eigenvalue weighted by Crippen LogP contribution is 2.64. The Morgan fingerprint density at radius 3 is 1.25 bits per heavy atom. The predicted octanol–water partition coefficient (Wildman–Crippen LogP) is 8.04. The third kappa shape index (κ3) is 7.07. The first-order valence-corrected chi connectivity index (χ1v) is 15.0. The zero-order valence-electron chi connectivity index (χ0n) is 22.4. The highest BCUT2D eigenvalue weighted by molar-refractivity contribution is 7.90. The summed E-state index contributed by atoms with van der Waals surface area (Å²) in [4.78, 5) is 0. The van der Waals surface area contributed by atoms with E-state index in [0.29, 0.717) is 0 Å². The molecule has 0 spiro atoms. The zero-order valence-corrected chi connectivity index (χ0v) is 24.1. The standard InChI is InChI=1S/C19H25F17NO5PS/c1-4-7-9-37(10-8-11-43(38,41-5-2)42-6-3)44(39,40)19(35,36)17(30,31)15(26,27)13(22,23)12(20,21)14(24,25)16(28,29)18(32,33)34/h4-11H2,1-3H3. The average molecular weight is 733 g/mol. The summed E-state index contributed by atoms with van der Waals surface area (Å²) in [6.07, 6.45) is -10.4. The van der Waals surface area contributed by atoms with Crippen LogP contribution in [0.1, 0.15) is 40.0 Å². The van der Waals surface area contributed by atoms with Gasteiger partial charge in [-0.1, -0.05) is 13.3 Å². The van der Waals surface area contributed by atoms with Gasteiger partial charge in [-0.15, -0.1) is 0 Å². The monoisotopic (exact) mass is 733 g/mol. The fraction of sp³-hybridized carbons (Fsp3) is 1.00. The van der Waals surface area contributed by atoms with Crippen LogP contribution < -0.4 is 0 Å².